The van der Waals surface area contributed by atoms with Gasteiger partial charge in [0.25, 0.3) is 0 Å². The maximum absolute atomic E-state index is 13.1. The fourth-order valence-corrected chi connectivity index (χ4v) is 5.65. The molecule has 3 saturated heterocycles. The summed E-state index contributed by atoms with van der Waals surface area (Å²) in [5.41, 5.74) is 5.85. The third-order valence-electron chi connectivity index (χ3n) is 6.19. The van der Waals surface area contributed by atoms with Crippen molar-refractivity contribution in [3.63, 3.8) is 0 Å². The normalized spacial score (nSPS) is 31.5. The van der Waals surface area contributed by atoms with Crippen molar-refractivity contribution in [1.82, 2.24) is 29.9 Å². The molecular weight excluding hydrogens is 485 g/mol. The van der Waals surface area contributed by atoms with Gasteiger partial charge in [0.05, 0.1) is 12.6 Å². The Labute approximate surface area is 199 Å². The van der Waals surface area contributed by atoms with E-state index in [1.807, 2.05) is 0 Å². The molecule has 3 fully saturated rings. The van der Waals surface area contributed by atoms with Gasteiger partial charge in [-0.2, -0.15) is 0 Å². The predicted molar refractivity (Wildman–Crippen MR) is 120 cm³/mol. The summed E-state index contributed by atoms with van der Waals surface area (Å²) in [6.07, 6.45) is -0.457. The van der Waals surface area contributed by atoms with Gasteiger partial charge in [-0.05, 0) is 33.2 Å². The molecule has 6 atom stereocenters. The van der Waals surface area contributed by atoms with Crippen molar-refractivity contribution in [1.29, 1.82) is 0 Å². The number of hydrogen-bond acceptors (Lipinski definition) is 12. The fraction of sp³-hybridized carbons (Fsp3) is 0.684. The van der Waals surface area contributed by atoms with Crippen molar-refractivity contribution in [3.05, 3.63) is 16.8 Å². The zero-order valence-corrected chi connectivity index (χ0v) is 20.3. The standard InChI is InChI=1S/C19H28N7O8P/c1-19(2)33-12-10(7-31-35(29,30-3)25-16(27)9-5-4-6-21-9)32-17(13(12)34-19)26-15-11(24-18(26)28)14(20)22-8-23-15/h8-10,12-13,17,21H,4-7H2,1-3H3,(H,24,28)(H2,20,22,23)(H,25,27,29)/t9-,10+,12+,13+,17+,35?/m0/s1. The number of H-pyrrole nitrogens is 1. The summed E-state index contributed by atoms with van der Waals surface area (Å²) in [5.74, 6) is -1.34. The highest BCUT2D eigenvalue weighted by molar-refractivity contribution is 7.52. The van der Waals surface area contributed by atoms with Gasteiger partial charge in [0.1, 0.15) is 30.2 Å². The minimum atomic E-state index is -3.99. The lowest BCUT2D eigenvalue weighted by atomic mass is 10.1. The molecule has 0 aliphatic carbocycles. The van der Waals surface area contributed by atoms with Crippen LogP contribution < -0.4 is 21.8 Å². The van der Waals surface area contributed by atoms with Gasteiger partial charge in [0.2, 0.25) is 5.91 Å². The second-order valence-electron chi connectivity index (χ2n) is 8.99. The average Bonchev–Trinajstić information content (AvgIpc) is 3.56. The van der Waals surface area contributed by atoms with Gasteiger partial charge in [0.15, 0.2) is 23.5 Å². The van der Waals surface area contributed by atoms with Gasteiger partial charge in [0, 0.05) is 7.11 Å². The SMILES string of the molecule is COP(=O)(NC(=O)[C@@H]1CCCN1)OC[C@H]1O[C@@H](n2c(=O)[nH]c3c(N)ncnc32)[C@@H]2OC(C)(C)O[C@@H]21. The molecular formula is C19H28N7O8P. The molecule has 0 radical (unpaired) electrons. The number of nitrogens with one attached hydrogen (secondary N) is 3. The van der Waals surface area contributed by atoms with E-state index in [4.69, 9.17) is 29.0 Å². The number of aromatic amines is 1. The number of nitrogen functional groups attached to an aromatic ring is 1. The molecule has 3 aliphatic rings. The van der Waals surface area contributed by atoms with Gasteiger partial charge in [-0.15, -0.1) is 0 Å². The Kier molecular flexibility index (Phi) is 6.20. The van der Waals surface area contributed by atoms with Crippen molar-refractivity contribution < 1.29 is 32.6 Å². The van der Waals surface area contributed by atoms with E-state index in [-0.39, 0.29) is 23.6 Å². The summed E-state index contributed by atoms with van der Waals surface area (Å²) in [6, 6.07) is -0.464. The summed E-state index contributed by atoms with van der Waals surface area (Å²) in [7, 11) is -2.81. The second kappa shape index (κ2) is 8.92. The highest BCUT2D eigenvalue weighted by Gasteiger charge is 2.57. The van der Waals surface area contributed by atoms with Crippen LogP contribution in [0.3, 0.4) is 0 Å². The van der Waals surface area contributed by atoms with Crippen LogP contribution in [0.5, 0.6) is 0 Å². The molecule has 1 unspecified atom stereocenters. The van der Waals surface area contributed by atoms with E-state index >= 15 is 0 Å². The number of carbonyl (C=O) groups is 1. The first-order chi connectivity index (χ1) is 16.6. The number of nitrogens with zero attached hydrogens (tertiary/aromatic N) is 3. The minimum Gasteiger partial charge on any atom is -0.382 e. The lowest BCUT2D eigenvalue weighted by Crippen LogP contribution is -2.40. The molecule has 0 aromatic carbocycles. The Hall–Kier alpha value is -2.39. The van der Waals surface area contributed by atoms with Crippen LogP contribution in [0.1, 0.15) is 32.9 Å². The molecule has 0 saturated carbocycles. The Morgan fingerprint density at radius 2 is 2.14 bits per heavy atom. The summed E-state index contributed by atoms with van der Waals surface area (Å²) in [4.78, 5) is 35.9. The van der Waals surface area contributed by atoms with Crippen molar-refractivity contribution in [2.75, 3.05) is 26.0 Å². The van der Waals surface area contributed by atoms with Crippen LogP contribution in [0.15, 0.2) is 11.1 Å². The number of fused-ring (bicyclic) bond motifs is 2. The highest BCUT2D eigenvalue weighted by atomic mass is 31.2. The molecule has 192 valence electrons. The molecule has 2 aromatic rings. The van der Waals surface area contributed by atoms with Gasteiger partial charge in [-0.3, -0.25) is 18.9 Å². The first-order valence-electron chi connectivity index (χ1n) is 11.2. The third-order valence-corrected chi connectivity index (χ3v) is 7.65. The maximum Gasteiger partial charge on any atom is 0.434 e. The average molecular weight is 513 g/mol. The summed E-state index contributed by atoms with van der Waals surface area (Å²) in [5, 5.41) is 5.38. The van der Waals surface area contributed by atoms with E-state index < -0.39 is 55.7 Å². The van der Waals surface area contributed by atoms with Gasteiger partial charge >= 0.3 is 13.4 Å². The monoisotopic (exact) mass is 513 g/mol. The number of anilines is 1. The minimum absolute atomic E-state index is 0.109. The van der Waals surface area contributed by atoms with Crippen LogP contribution in [0, 0.1) is 0 Å². The smallest absolute Gasteiger partial charge is 0.382 e. The number of rotatable bonds is 7. The summed E-state index contributed by atoms with van der Waals surface area (Å²) >= 11 is 0. The molecule has 16 heteroatoms. The summed E-state index contributed by atoms with van der Waals surface area (Å²) in [6.45, 7) is 3.89. The zero-order valence-electron chi connectivity index (χ0n) is 19.4. The van der Waals surface area contributed by atoms with E-state index in [0.717, 1.165) is 6.42 Å². The number of amides is 1. The van der Waals surface area contributed by atoms with Gasteiger partial charge in [-0.25, -0.2) is 23.9 Å². The predicted octanol–water partition coefficient (Wildman–Crippen LogP) is -0.241. The number of aromatic nitrogens is 4. The largest absolute Gasteiger partial charge is 0.434 e. The van der Waals surface area contributed by atoms with E-state index in [0.29, 0.717) is 13.0 Å². The fourth-order valence-electron chi connectivity index (χ4n) is 4.62. The molecule has 1 amide bonds. The Morgan fingerprint density at radius 1 is 1.37 bits per heavy atom. The summed E-state index contributed by atoms with van der Waals surface area (Å²) < 4.78 is 43.1. The molecule has 15 nitrogen and oxygen atoms in total. The second-order valence-corrected chi connectivity index (χ2v) is 10.8. The van der Waals surface area contributed by atoms with Crippen LogP contribution in [0.25, 0.3) is 11.2 Å². The van der Waals surface area contributed by atoms with Crippen molar-refractivity contribution in [2.45, 2.75) is 63.1 Å². The van der Waals surface area contributed by atoms with Crippen LogP contribution >= 0.6 is 7.75 Å². The van der Waals surface area contributed by atoms with Gasteiger partial charge in [-0.1, -0.05) is 0 Å². The number of ether oxygens (including phenoxy) is 3. The lowest BCUT2D eigenvalue weighted by molar-refractivity contribution is -0.199. The maximum atomic E-state index is 13.1. The molecule has 2 aromatic heterocycles. The number of nitrogens with two attached hydrogens (primary N) is 1. The Morgan fingerprint density at radius 3 is 2.86 bits per heavy atom. The van der Waals surface area contributed by atoms with Crippen molar-refractivity contribution >= 4 is 30.6 Å². The van der Waals surface area contributed by atoms with Crippen molar-refractivity contribution in [2.24, 2.45) is 0 Å². The zero-order chi connectivity index (χ0) is 25.0. The molecule has 0 bridgehead atoms. The van der Waals surface area contributed by atoms with E-state index in [9.17, 15) is 14.2 Å². The van der Waals surface area contributed by atoms with Gasteiger partial charge < -0.3 is 30.2 Å². The first-order valence-corrected chi connectivity index (χ1v) is 12.7. The molecule has 0 spiro atoms. The number of carbonyl (C=O) groups excluding carboxylic acids is 1. The molecule has 5 heterocycles. The van der Waals surface area contributed by atoms with E-state index in [1.54, 1.807) is 13.8 Å². The topological polar surface area (TPSA) is 194 Å². The van der Waals surface area contributed by atoms with E-state index in [1.165, 1.54) is 18.0 Å². The van der Waals surface area contributed by atoms with Crippen molar-refractivity contribution in [3.8, 4) is 0 Å². The quantitative estimate of drug-likeness (QED) is 0.356. The molecule has 35 heavy (non-hydrogen) atoms. The molecule has 5 rings (SSSR count). The molecule has 5 N–H and O–H groups in total. The first kappa shape index (κ1) is 24.3. The van der Waals surface area contributed by atoms with E-state index in [2.05, 4.69) is 25.4 Å². The Bertz CT molecular complexity index is 1230. The highest BCUT2D eigenvalue weighted by Crippen LogP contribution is 2.47. The lowest BCUT2D eigenvalue weighted by Gasteiger charge is -2.25. The molecule has 3 aliphatic heterocycles. The third kappa shape index (κ3) is 4.48. The van der Waals surface area contributed by atoms with Crippen LogP contribution in [-0.4, -0.2) is 75.8 Å². The van der Waals surface area contributed by atoms with Crippen LogP contribution in [-0.2, 0) is 32.6 Å². The Balaban J connectivity index is 1.37. The van der Waals surface area contributed by atoms with Crippen LogP contribution in [0.2, 0.25) is 0 Å². The van der Waals surface area contributed by atoms with Crippen LogP contribution in [0.4, 0.5) is 5.82 Å². The number of hydrogen-bond donors (Lipinski definition) is 4. The number of imidazole rings is 1.